The third-order valence-corrected chi connectivity index (χ3v) is 3.80. The molecule has 19 heavy (non-hydrogen) atoms. The molecule has 0 radical (unpaired) electrons. The number of nitrogens with zero attached hydrogens (tertiary/aromatic N) is 1. The minimum Gasteiger partial charge on any atom is -0.399 e. The average molecular weight is 253 g/mol. The second-order valence-corrected chi connectivity index (χ2v) is 5.22. The van der Waals surface area contributed by atoms with E-state index in [1.807, 2.05) is 18.3 Å². The van der Waals surface area contributed by atoms with Crippen LogP contribution in [0.1, 0.15) is 35.6 Å². The summed E-state index contributed by atoms with van der Waals surface area (Å²) in [5, 5.41) is 3.57. The van der Waals surface area contributed by atoms with Gasteiger partial charge in [-0.2, -0.15) is 0 Å². The van der Waals surface area contributed by atoms with Gasteiger partial charge in [0, 0.05) is 11.9 Å². The number of anilines is 2. The Morgan fingerprint density at radius 3 is 3.05 bits per heavy atom. The van der Waals surface area contributed by atoms with E-state index in [-0.39, 0.29) is 0 Å². The predicted molar refractivity (Wildman–Crippen MR) is 79.1 cm³/mol. The maximum Gasteiger partial charge on any atom is 0.129 e. The van der Waals surface area contributed by atoms with Crippen molar-refractivity contribution < 1.29 is 0 Å². The van der Waals surface area contributed by atoms with E-state index >= 15 is 0 Å². The van der Waals surface area contributed by atoms with Gasteiger partial charge >= 0.3 is 0 Å². The number of nitrogens with two attached hydrogens (primary N) is 1. The molecule has 3 nitrogen and oxygen atoms in total. The molecule has 3 N–H and O–H groups in total. The van der Waals surface area contributed by atoms with Crippen molar-refractivity contribution in [2.75, 3.05) is 11.1 Å². The van der Waals surface area contributed by atoms with Gasteiger partial charge in [-0.05, 0) is 61.1 Å². The lowest BCUT2D eigenvalue weighted by Crippen LogP contribution is -2.18. The summed E-state index contributed by atoms with van der Waals surface area (Å²) >= 11 is 0. The first kappa shape index (κ1) is 12.0. The molecule has 1 aromatic carbocycles. The first-order valence-electron chi connectivity index (χ1n) is 6.80. The zero-order valence-corrected chi connectivity index (χ0v) is 11.2. The van der Waals surface area contributed by atoms with Gasteiger partial charge in [0.15, 0.2) is 0 Å². The normalized spacial score (nSPS) is 17.8. The number of aryl methyl sites for hydroxylation is 2. The molecule has 98 valence electrons. The number of rotatable bonds is 2. The highest BCUT2D eigenvalue weighted by Crippen LogP contribution is 2.33. The van der Waals surface area contributed by atoms with Crippen LogP contribution in [0.2, 0.25) is 0 Å². The Labute approximate surface area is 113 Å². The fraction of sp³-hybridized carbons (Fsp3) is 0.312. The van der Waals surface area contributed by atoms with Crippen LogP contribution in [0, 0.1) is 6.92 Å². The lowest BCUT2D eigenvalue weighted by molar-refractivity contribution is 0.598. The molecule has 3 heteroatoms. The number of aromatic nitrogens is 1. The van der Waals surface area contributed by atoms with Crippen LogP contribution in [0.15, 0.2) is 36.5 Å². The molecule has 0 aliphatic heterocycles. The maximum absolute atomic E-state index is 5.87. The monoisotopic (exact) mass is 253 g/mol. The molecule has 2 aromatic rings. The molecule has 1 aromatic heterocycles. The van der Waals surface area contributed by atoms with Gasteiger partial charge in [0.25, 0.3) is 0 Å². The quantitative estimate of drug-likeness (QED) is 0.806. The molecule has 0 bridgehead atoms. The van der Waals surface area contributed by atoms with Crippen LogP contribution in [-0.4, -0.2) is 4.98 Å². The first-order valence-corrected chi connectivity index (χ1v) is 6.80. The van der Waals surface area contributed by atoms with Crippen molar-refractivity contribution in [1.82, 2.24) is 4.98 Å². The molecule has 1 heterocycles. The summed E-state index contributed by atoms with van der Waals surface area (Å²) in [6, 6.07) is 10.6. The smallest absolute Gasteiger partial charge is 0.129 e. The molecule has 1 unspecified atom stereocenters. The highest BCUT2D eigenvalue weighted by molar-refractivity contribution is 5.50. The Balaban J connectivity index is 1.90. The van der Waals surface area contributed by atoms with E-state index in [2.05, 4.69) is 35.4 Å². The number of hydrogen-bond acceptors (Lipinski definition) is 3. The summed E-state index contributed by atoms with van der Waals surface area (Å²) in [5.74, 6) is 0.983. The molecule has 0 saturated heterocycles. The van der Waals surface area contributed by atoms with Crippen LogP contribution < -0.4 is 11.1 Å². The van der Waals surface area contributed by atoms with Crippen molar-refractivity contribution >= 4 is 11.5 Å². The minimum atomic E-state index is 0.345. The Kier molecular flexibility index (Phi) is 3.11. The maximum atomic E-state index is 5.87. The fourth-order valence-corrected chi connectivity index (χ4v) is 2.79. The van der Waals surface area contributed by atoms with Crippen molar-refractivity contribution in [2.45, 2.75) is 32.2 Å². The van der Waals surface area contributed by atoms with Crippen LogP contribution in [0.4, 0.5) is 11.5 Å². The topological polar surface area (TPSA) is 50.9 Å². The molecule has 0 fully saturated rings. The van der Waals surface area contributed by atoms with Gasteiger partial charge in [0.1, 0.15) is 5.82 Å². The molecule has 0 amide bonds. The number of hydrogen-bond donors (Lipinski definition) is 2. The van der Waals surface area contributed by atoms with Gasteiger partial charge < -0.3 is 11.1 Å². The Morgan fingerprint density at radius 2 is 2.21 bits per heavy atom. The molecular formula is C16H19N3. The fourth-order valence-electron chi connectivity index (χ4n) is 2.79. The van der Waals surface area contributed by atoms with Crippen molar-refractivity contribution in [3.8, 4) is 0 Å². The number of benzene rings is 1. The van der Waals surface area contributed by atoms with E-state index in [0.717, 1.165) is 24.3 Å². The molecule has 1 atom stereocenters. The van der Waals surface area contributed by atoms with E-state index in [0.29, 0.717) is 6.04 Å². The summed E-state index contributed by atoms with van der Waals surface area (Å²) in [5.41, 5.74) is 10.7. The van der Waals surface area contributed by atoms with E-state index in [1.54, 1.807) is 0 Å². The molecule has 0 spiro atoms. The Bertz CT molecular complexity index is 592. The summed E-state index contributed by atoms with van der Waals surface area (Å²) in [4.78, 5) is 4.43. The zero-order chi connectivity index (χ0) is 13.2. The van der Waals surface area contributed by atoms with Crippen LogP contribution >= 0.6 is 0 Å². The lowest BCUT2D eigenvalue weighted by atomic mass is 9.87. The molecule has 0 saturated carbocycles. The molecule has 1 aliphatic carbocycles. The number of nitrogen functional groups attached to an aromatic ring is 1. The van der Waals surface area contributed by atoms with Gasteiger partial charge in [0.05, 0.1) is 6.04 Å². The number of pyridine rings is 1. The summed E-state index contributed by atoms with van der Waals surface area (Å²) < 4.78 is 0. The highest BCUT2D eigenvalue weighted by Gasteiger charge is 2.20. The molecule has 1 aliphatic rings. The zero-order valence-electron chi connectivity index (χ0n) is 11.2. The Hall–Kier alpha value is -2.03. The van der Waals surface area contributed by atoms with Crippen molar-refractivity contribution in [3.05, 3.63) is 53.2 Å². The van der Waals surface area contributed by atoms with E-state index in [4.69, 9.17) is 5.73 Å². The van der Waals surface area contributed by atoms with Crippen LogP contribution in [-0.2, 0) is 6.42 Å². The van der Waals surface area contributed by atoms with Crippen molar-refractivity contribution in [2.24, 2.45) is 0 Å². The average Bonchev–Trinajstić information content (AvgIpc) is 2.41. The van der Waals surface area contributed by atoms with Gasteiger partial charge in [-0.25, -0.2) is 4.98 Å². The van der Waals surface area contributed by atoms with Crippen molar-refractivity contribution in [1.29, 1.82) is 0 Å². The van der Waals surface area contributed by atoms with E-state index in [1.165, 1.54) is 23.1 Å². The van der Waals surface area contributed by atoms with E-state index < -0.39 is 0 Å². The van der Waals surface area contributed by atoms with Crippen molar-refractivity contribution in [3.63, 3.8) is 0 Å². The van der Waals surface area contributed by atoms with E-state index in [9.17, 15) is 0 Å². The van der Waals surface area contributed by atoms with Gasteiger partial charge in [0.2, 0.25) is 0 Å². The third-order valence-electron chi connectivity index (χ3n) is 3.80. The second kappa shape index (κ2) is 4.92. The SMILES string of the molecule is Cc1cccnc1NC1CCCc2cc(N)ccc21. The summed E-state index contributed by atoms with van der Waals surface area (Å²) in [6.07, 6.45) is 5.30. The standard InChI is InChI=1S/C16H19N3/c1-11-4-3-9-18-16(11)19-15-6-2-5-12-10-13(17)7-8-14(12)15/h3-4,7-10,15H,2,5-6,17H2,1H3,(H,18,19). The number of fused-ring (bicyclic) bond motifs is 1. The summed E-state index contributed by atoms with van der Waals surface area (Å²) in [6.45, 7) is 2.09. The number of nitrogens with one attached hydrogen (secondary N) is 1. The van der Waals surface area contributed by atoms with Gasteiger partial charge in [-0.1, -0.05) is 12.1 Å². The van der Waals surface area contributed by atoms with Gasteiger partial charge in [-0.3, -0.25) is 0 Å². The highest BCUT2D eigenvalue weighted by atomic mass is 15.0. The van der Waals surface area contributed by atoms with Crippen LogP contribution in [0.5, 0.6) is 0 Å². The molecule has 3 rings (SSSR count). The predicted octanol–water partition coefficient (Wildman–Crippen LogP) is 3.46. The van der Waals surface area contributed by atoms with Crippen LogP contribution in [0.25, 0.3) is 0 Å². The third kappa shape index (κ3) is 2.41. The molecular weight excluding hydrogens is 234 g/mol. The second-order valence-electron chi connectivity index (χ2n) is 5.22. The minimum absolute atomic E-state index is 0.345. The summed E-state index contributed by atoms with van der Waals surface area (Å²) in [7, 11) is 0. The lowest BCUT2D eigenvalue weighted by Gasteiger charge is -2.27. The Morgan fingerprint density at radius 1 is 1.32 bits per heavy atom. The van der Waals surface area contributed by atoms with Gasteiger partial charge in [-0.15, -0.1) is 0 Å². The first-order chi connectivity index (χ1) is 9.24. The van der Waals surface area contributed by atoms with Crippen LogP contribution in [0.3, 0.4) is 0 Å². The largest absolute Gasteiger partial charge is 0.399 e.